The van der Waals surface area contributed by atoms with Crippen LogP contribution in [0.15, 0.2) is 41.7 Å². The SMILES string of the molecule is CCOC(=O)OCn1c(SOCc2nccc(OCC(F)(F)F)c2C)nc2ccccc21.[HH]. The molecule has 3 rings (SSSR count). The molecule has 0 atom stereocenters. The van der Waals surface area contributed by atoms with Gasteiger partial charge in [0.2, 0.25) is 0 Å². The fourth-order valence-electron chi connectivity index (χ4n) is 2.68. The topological polar surface area (TPSA) is 84.7 Å². The van der Waals surface area contributed by atoms with Gasteiger partial charge in [0.1, 0.15) is 12.4 Å². The molecule has 0 spiro atoms. The third-order valence-corrected chi connectivity index (χ3v) is 4.87. The summed E-state index contributed by atoms with van der Waals surface area (Å²) in [6, 6.07) is 8.62. The maximum Gasteiger partial charge on any atom is 0.510 e. The monoisotopic (exact) mass is 473 g/mol. The third-order valence-electron chi connectivity index (χ3n) is 4.17. The number of pyridine rings is 1. The van der Waals surface area contributed by atoms with E-state index < -0.39 is 18.9 Å². The van der Waals surface area contributed by atoms with E-state index in [1.165, 1.54) is 12.3 Å². The molecule has 0 N–H and O–H groups in total. The summed E-state index contributed by atoms with van der Waals surface area (Å²) in [4.78, 5) is 20.2. The van der Waals surface area contributed by atoms with Gasteiger partial charge in [-0.05, 0) is 32.0 Å². The summed E-state index contributed by atoms with van der Waals surface area (Å²) in [5.41, 5.74) is 2.25. The summed E-state index contributed by atoms with van der Waals surface area (Å²) in [5.74, 6) is 0.0796. The molecule has 0 radical (unpaired) electrons. The zero-order valence-corrected chi connectivity index (χ0v) is 18.0. The van der Waals surface area contributed by atoms with Crippen LogP contribution in [0.25, 0.3) is 11.0 Å². The van der Waals surface area contributed by atoms with Crippen LogP contribution in [-0.4, -0.2) is 40.1 Å². The first-order chi connectivity index (χ1) is 15.3. The second kappa shape index (κ2) is 10.6. The lowest BCUT2D eigenvalue weighted by Crippen LogP contribution is -2.19. The second-order valence-electron chi connectivity index (χ2n) is 6.40. The van der Waals surface area contributed by atoms with Gasteiger partial charge in [-0.3, -0.25) is 9.55 Å². The molecule has 174 valence electrons. The largest absolute Gasteiger partial charge is 0.510 e. The summed E-state index contributed by atoms with van der Waals surface area (Å²) in [7, 11) is 0. The quantitative estimate of drug-likeness (QED) is 0.307. The van der Waals surface area contributed by atoms with Crippen molar-refractivity contribution in [2.45, 2.75) is 38.5 Å². The van der Waals surface area contributed by atoms with Gasteiger partial charge < -0.3 is 18.4 Å². The number of para-hydroxylation sites is 2. The Morgan fingerprint density at radius 2 is 2.00 bits per heavy atom. The van der Waals surface area contributed by atoms with Crippen LogP contribution in [0.2, 0.25) is 0 Å². The van der Waals surface area contributed by atoms with Gasteiger partial charge >= 0.3 is 12.3 Å². The van der Waals surface area contributed by atoms with Crippen LogP contribution in [0.4, 0.5) is 18.0 Å². The van der Waals surface area contributed by atoms with Crippen molar-refractivity contribution >= 4 is 29.2 Å². The first kappa shape index (κ1) is 23.7. The third kappa shape index (κ3) is 6.26. The summed E-state index contributed by atoms with van der Waals surface area (Å²) in [6.45, 7) is 1.92. The molecule has 2 heterocycles. The van der Waals surface area contributed by atoms with Crippen molar-refractivity contribution in [3.63, 3.8) is 0 Å². The summed E-state index contributed by atoms with van der Waals surface area (Å²) in [5, 5.41) is 0.414. The molecule has 12 heteroatoms. The zero-order chi connectivity index (χ0) is 23.1. The van der Waals surface area contributed by atoms with Crippen LogP contribution < -0.4 is 4.74 Å². The Balaban J connectivity index is 0.00000385. The van der Waals surface area contributed by atoms with Crippen molar-refractivity contribution in [3.05, 3.63) is 47.8 Å². The van der Waals surface area contributed by atoms with Crippen LogP contribution >= 0.6 is 12.0 Å². The smallest absolute Gasteiger partial charge is 0.484 e. The fraction of sp³-hybridized carbons (Fsp3) is 0.350. The molecular weight excluding hydrogens is 451 g/mol. The molecule has 0 unspecified atom stereocenters. The standard InChI is InChI=1S/C20H20F3N3O5S.H2/c1-3-28-19(27)30-12-26-16-7-5-4-6-14(16)25-18(26)32-31-10-15-13(2)17(8-9-24-15)29-11-20(21,22)23;/h4-9H,3,10-12H2,1-2H3;1H. The highest BCUT2D eigenvalue weighted by Gasteiger charge is 2.28. The molecule has 0 aliphatic heterocycles. The van der Waals surface area contributed by atoms with E-state index in [2.05, 4.69) is 9.97 Å². The van der Waals surface area contributed by atoms with Crippen molar-refractivity contribution in [2.24, 2.45) is 0 Å². The van der Waals surface area contributed by atoms with E-state index in [-0.39, 0.29) is 27.1 Å². The van der Waals surface area contributed by atoms with Crippen molar-refractivity contribution in [1.29, 1.82) is 0 Å². The lowest BCUT2D eigenvalue weighted by molar-refractivity contribution is -0.153. The molecule has 8 nitrogen and oxygen atoms in total. The Bertz CT molecular complexity index is 1080. The molecule has 0 saturated heterocycles. The molecule has 0 fully saturated rings. The maximum absolute atomic E-state index is 12.4. The molecule has 0 bridgehead atoms. The lowest BCUT2D eigenvalue weighted by atomic mass is 10.2. The normalized spacial score (nSPS) is 11.5. The number of ether oxygens (including phenoxy) is 3. The van der Waals surface area contributed by atoms with Crippen LogP contribution in [0.5, 0.6) is 5.75 Å². The number of carbonyl (C=O) groups excluding carboxylic acids is 1. The Morgan fingerprint density at radius 3 is 2.75 bits per heavy atom. The van der Waals surface area contributed by atoms with E-state index >= 15 is 0 Å². The van der Waals surface area contributed by atoms with Gasteiger partial charge in [0.05, 0.1) is 35.4 Å². The molecule has 2 aromatic heterocycles. The van der Waals surface area contributed by atoms with E-state index in [0.717, 1.165) is 17.6 Å². The van der Waals surface area contributed by atoms with Gasteiger partial charge in [0.25, 0.3) is 0 Å². The van der Waals surface area contributed by atoms with Crippen LogP contribution in [-0.2, 0) is 27.0 Å². The van der Waals surface area contributed by atoms with E-state index in [1.807, 2.05) is 18.2 Å². The number of hydrogen-bond acceptors (Lipinski definition) is 8. The number of alkyl halides is 3. The highest BCUT2D eigenvalue weighted by atomic mass is 32.2. The van der Waals surface area contributed by atoms with Gasteiger partial charge in [-0.1, -0.05) is 12.1 Å². The fourth-order valence-corrected chi connectivity index (χ4v) is 3.33. The number of benzene rings is 1. The van der Waals surface area contributed by atoms with Gasteiger partial charge in [-0.25, -0.2) is 9.78 Å². The minimum atomic E-state index is -4.44. The van der Waals surface area contributed by atoms with E-state index in [9.17, 15) is 18.0 Å². The van der Waals surface area contributed by atoms with Crippen molar-refractivity contribution < 1.29 is 37.8 Å². The van der Waals surface area contributed by atoms with Gasteiger partial charge in [-0.2, -0.15) is 13.2 Å². The molecule has 0 amide bonds. The molecule has 1 aromatic carbocycles. The van der Waals surface area contributed by atoms with Crippen molar-refractivity contribution in [3.8, 4) is 5.75 Å². The number of nitrogens with zero attached hydrogens (tertiary/aromatic N) is 3. The van der Waals surface area contributed by atoms with E-state index in [4.69, 9.17) is 18.4 Å². The number of halogens is 3. The minimum absolute atomic E-state index is 0. The molecular formula is C20H22F3N3O5S. The molecule has 0 saturated carbocycles. The summed E-state index contributed by atoms with van der Waals surface area (Å²) in [6.07, 6.45) is -3.89. The average molecular weight is 473 g/mol. The molecule has 0 aliphatic carbocycles. The highest BCUT2D eigenvalue weighted by Crippen LogP contribution is 2.28. The van der Waals surface area contributed by atoms with Crippen molar-refractivity contribution in [2.75, 3.05) is 13.2 Å². The number of hydrogen-bond donors (Lipinski definition) is 0. The summed E-state index contributed by atoms with van der Waals surface area (Å²) >= 11 is 0.924. The Kier molecular flexibility index (Phi) is 7.80. The minimum Gasteiger partial charge on any atom is -0.484 e. The first-order valence-corrected chi connectivity index (χ1v) is 10.2. The van der Waals surface area contributed by atoms with Crippen LogP contribution in [0.1, 0.15) is 19.6 Å². The van der Waals surface area contributed by atoms with Gasteiger partial charge in [0, 0.05) is 13.2 Å². The Hall–Kier alpha value is -2.99. The highest BCUT2D eigenvalue weighted by molar-refractivity contribution is 7.94. The first-order valence-electron chi connectivity index (χ1n) is 9.46. The molecule has 0 aliphatic rings. The maximum atomic E-state index is 12.4. The van der Waals surface area contributed by atoms with Crippen LogP contribution in [0.3, 0.4) is 0 Å². The number of fused-ring (bicyclic) bond motifs is 1. The number of carbonyl (C=O) groups is 1. The van der Waals surface area contributed by atoms with Crippen LogP contribution in [0, 0.1) is 6.92 Å². The second-order valence-corrected chi connectivity index (χ2v) is 7.17. The van der Waals surface area contributed by atoms with Crippen molar-refractivity contribution in [1.82, 2.24) is 14.5 Å². The predicted octanol–water partition coefficient (Wildman–Crippen LogP) is 5.28. The summed E-state index contributed by atoms with van der Waals surface area (Å²) < 4.78 is 59.3. The van der Waals surface area contributed by atoms with Gasteiger partial charge in [-0.15, -0.1) is 0 Å². The lowest BCUT2D eigenvalue weighted by Gasteiger charge is -2.13. The number of rotatable bonds is 9. The zero-order valence-electron chi connectivity index (χ0n) is 17.2. The number of imidazole rings is 1. The average Bonchev–Trinajstić information content (AvgIpc) is 3.09. The molecule has 32 heavy (non-hydrogen) atoms. The predicted molar refractivity (Wildman–Crippen MR) is 111 cm³/mol. The Morgan fingerprint density at radius 1 is 1.22 bits per heavy atom. The molecule has 3 aromatic rings. The number of aromatic nitrogens is 3. The van der Waals surface area contributed by atoms with Gasteiger partial charge in [0.15, 0.2) is 18.5 Å². The van der Waals surface area contributed by atoms with E-state index in [1.54, 1.807) is 24.5 Å². The van der Waals surface area contributed by atoms with E-state index in [0.29, 0.717) is 21.9 Å². The Labute approximate surface area is 187 Å².